The SMILES string of the molecule is CCc1cnc(CCNC(=NC)N2CCC(N3CCOCC3)C2)s1.I. The van der Waals surface area contributed by atoms with E-state index < -0.39 is 0 Å². The maximum Gasteiger partial charge on any atom is 0.193 e. The zero-order valence-electron chi connectivity index (χ0n) is 15.2. The Kier molecular flexibility index (Phi) is 8.88. The Hall–Kier alpha value is -0.450. The van der Waals surface area contributed by atoms with Crippen molar-refractivity contribution in [2.75, 3.05) is 53.0 Å². The van der Waals surface area contributed by atoms with Crippen molar-refractivity contribution in [3.05, 3.63) is 16.1 Å². The highest BCUT2D eigenvalue weighted by atomic mass is 127. The van der Waals surface area contributed by atoms with E-state index in [9.17, 15) is 0 Å². The molecule has 0 radical (unpaired) electrons. The van der Waals surface area contributed by atoms with Gasteiger partial charge in [-0.3, -0.25) is 9.89 Å². The topological polar surface area (TPSA) is 53.0 Å². The molecule has 142 valence electrons. The van der Waals surface area contributed by atoms with E-state index >= 15 is 0 Å². The van der Waals surface area contributed by atoms with Crippen molar-refractivity contribution in [2.45, 2.75) is 32.2 Å². The first kappa shape index (κ1) is 20.9. The number of nitrogens with zero attached hydrogens (tertiary/aromatic N) is 4. The van der Waals surface area contributed by atoms with Gasteiger partial charge in [0.25, 0.3) is 0 Å². The first-order valence-electron chi connectivity index (χ1n) is 9.01. The van der Waals surface area contributed by atoms with Gasteiger partial charge in [-0.2, -0.15) is 0 Å². The highest BCUT2D eigenvalue weighted by molar-refractivity contribution is 14.0. The van der Waals surface area contributed by atoms with Crippen molar-refractivity contribution < 1.29 is 4.74 Å². The van der Waals surface area contributed by atoms with Gasteiger partial charge in [-0.05, 0) is 12.8 Å². The quantitative estimate of drug-likeness (QED) is 0.397. The highest BCUT2D eigenvalue weighted by Gasteiger charge is 2.30. The number of aryl methyl sites for hydroxylation is 1. The number of morpholine rings is 1. The number of ether oxygens (including phenoxy) is 1. The van der Waals surface area contributed by atoms with Crippen molar-refractivity contribution in [3.63, 3.8) is 0 Å². The first-order chi connectivity index (χ1) is 11.8. The van der Waals surface area contributed by atoms with Crippen molar-refractivity contribution in [1.82, 2.24) is 20.1 Å². The molecule has 2 aliphatic heterocycles. The summed E-state index contributed by atoms with van der Waals surface area (Å²) in [6, 6.07) is 0.638. The Balaban J connectivity index is 0.00000225. The molecular weight excluding hydrogens is 449 g/mol. The van der Waals surface area contributed by atoms with Crippen LogP contribution in [0.5, 0.6) is 0 Å². The average Bonchev–Trinajstić information content (AvgIpc) is 3.29. The lowest BCUT2D eigenvalue weighted by Gasteiger charge is -2.32. The summed E-state index contributed by atoms with van der Waals surface area (Å²) in [7, 11) is 1.88. The Labute approximate surface area is 172 Å². The summed E-state index contributed by atoms with van der Waals surface area (Å²) >= 11 is 1.82. The minimum Gasteiger partial charge on any atom is -0.379 e. The van der Waals surface area contributed by atoms with Gasteiger partial charge in [0.05, 0.1) is 18.2 Å². The summed E-state index contributed by atoms with van der Waals surface area (Å²) < 4.78 is 5.46. The van der Waals surface area contributed by atoms with E-state index in [1.54, 1.807) is 0 Å². The van der Waals surface area contributed by atoms with Crippen LogP contribution in [0.15, 0.2) is 11.2 Å². The Morgan fingerprint density at radius 1 is 1.40 bits per heavy atom. The summed E-state index contributed by atoms with van der Waals surface area (Å²) in [4.78, 5) is 15.3. The summed E-state index contributed by atoms with van der Waals surface area (Å²) in [5.74, 6) is 1.03. The molecule has 1 N–H and O–H groups in total. The van der Waals surface area contributed by atoms with E-state index in [2.05, 4.69) is 32.0 Å². The number of likely N-dealkylation sites (tertiary alicyclic amines) is 1. The third-order valence-electron chi connectivity index (χ3n) is 4.81. The first-order valence-corrected chi connectivity index (χ1v) is 9.82. The fraction of sp³-hybridized carbons (Fsp3) is 0.765. The molecule has 8 heteroatoms. The van der Waals surface area contributed by atoms with E-state index in [-0.39, 0.29) is 24.0 Å². The molecule has 1 atom stereocenters. The third-order valence-corrected chi connectivity index (χ3v) is 6.01. The number of aliphatic imine (C=N–C) groups is 1. The van der Waals surface area contributed by atoms with Gasteiger partial charge in [-0.15, -0.1) is 35.3 Å². The minimum absolute atomic E-state index is 0. The van der Waals surface area contributed by atoms with Gasteiger partial charge in [0.15, 0.2) is 5.96 Å². The lowest BCUT2D eigenvalue weighted by molar-refractivity contribution is 0.0195. The fourth-order valence-electron chi connectivity index (χ4n) is 3.42. The van der Waals surface area contributed by atoms with Crippen LogP contribution in [0.25, 0.3) is 0 Å². The zero-order valence-corrected chi connectivity index (χ0v) is 18.4. The van der Waals surface area contributed by atoms with Crippen molar-refractivity contribution in [1.29, 1.82) is 0 Å². The lowest BCUT2D eigenvalue weighted by Crippen LogP contribution is -2.46. The molecule has 25 heavy (non-hydrogen) atoms. The van der Waals surface area contributed by atoms with Crippen LogP contribution in [0.4, 0.5) is 0 Å². The molecule has 2 saturated heterocycles. The van der Waals surface area contributed by atoms with Crippen LogP contribution in [0.3, 0.4) is 0 Å². The van der Waals surface area contributed by atoms with Gasteiger partial charge in [-0.1, -0.05) is 6.92 Å². The van der Waals surface area contributed by atoms with Crippen LogP contribution in [-0.2, 0) is 17.6 Å². The number of aromatic nitrogens is 1. The number of thiazole rings is 1. The molecule has 1 aromatic rings. The van der Waals surface area contributed by atoms with Crippen molar-refractivity contribution in [2.24, 2.45) is 4.99 Å². The molecule has 0 bridgehead atoms. The summed E-state index contributed by atoms with van der Waals surface area (Å²) in [5, 5.41) is 4.72. The molecule has 1 unspecified atom stereocenters. The van der Waals surface area contributed by atoms with Crippen LogP contribution >= 0.6 is 35.3 Å². The molecular formula is C17H30IN5OS. The van der Waals surface area contributed by atoms with Crippen LogP contribution in [0.1, 0.15) is 23.2 Å². The number of halogens is 1. The predicted molar refractivity (Wildman–Crippen MR) is 114 cm³/mol. The largest absolute Gasteiger partial charge is 0.379 e. The average molecular weight is 479 g/mol. The van der Waals surface area contributed by atoms with Crippen LogP contribution in [-0.4, -0.2) is 79.8 Å². The van der Waals surface area contributed by atoms with Gasteiger partial charge in [0.2, 0.25) is 0 Å². The molecule has 2 fully saturated rings. The molecule has 0 amide bonds. The number of guanidine groups is 1. The van der Waals surface area contributed by atoms with Crippen molar-refractivity contribution in [3.8, 4) is 0 Å². The predicted octanol–water partition coefficient (Wildman–Crippen LogP) is 1.85. The maximum atomic E-state index is 5.46. The summed E-state index contributed by atoms with van der Waals surface area (Å²) in [6.45, 7) is 9.09. The Bertz CT molecular complexity index is 547. The zero-order chi connectivity index (χ0) is 16.8. The van der Waals surface area contributed by atoms with E-state index in [0.717, 1.165) is 64.7 Å². The molecule has 0 saturated carbocycles. The Morgan fingerprint density at radius 3 is 2.88 bits per heavy atom. The number of nitrogens with one attached hydrogen (secondary N) is 1. The molecule has 1 aromatic heterocycles. The molecule has 2 aliphatic rings. The Morgan fingerprint density at radius 2 is 2.20 bits per heavy atom. The maximum absolute atomic E-state index is 5.46. The second kappa shape index (κ2) is 10.6. The normalized spacial score (nSPS) is 22.1. The molecule has 0 aliphatic carbocycles. The third kappa shape index (κ3) is 5.77. The molecule has 3 heterocycles. The number of hydrogen-bond donors (Lipinski definition) is 1. The minimum atomic E-state index is 0. The van der Waals surface area contributed by atoms with Gasteiger partial charge >= 0.3 is 0 Å². The lowest BCUT2D eigenvalue weighted by atomic mass is 10.2. The highest BCUT2D eigenvalue weighted by Crippen LogP contribution is 2.17. The molecule has 6 nitrogen and oxygen atoms in total. The van der Waals surface area contributed by atoms with Gasteiger partial charge in [-0.25, -0.2) is 4.98 Å². The van der Waals surface area contributed by atoms with Gasteiger partial charge < -0.3 is 15.0 Å². The van der Waals surface area contributed by atoms with Crippen molar-refractivity contribution >= 4 is 41.3 Å². The standard InChI is InChI=1S/C17H29N5OS.HI/c1-3-15-12-20-16(24-15)4-6-19-17(18-2)22-7-5-14(13-22)21-8-10-23-11-9-21;/h12,14H,3-11,13H2,1-2H3,(H,18,19);1H. The molecule has 3 rings (SSSR count). The van der Waals surface area contributed by atoms with E-state index in [1.165, 1.54) is 16.3 Å². The van der Waals surface area contributed by atoms with E-state index in [4.69, 9.17) is 4.74 Å². The van der Waals surface area contributed by atoms with Gasteiger partial charge in [0, 0.05) is 63.3 Å². The number of hydrogen-bond acceptors (Lipinski definition) is 5. The van der Waals surface area contributed by atoms with E-state index in [1.807, 2.05) is 24.6 Å². The van der Waals surface area contributed by atoms with Crippen LogP contribution in [0.2, 0.25) is 0 Å². The summed E-state index contributed by atoms with van der Waals surface area (Å²) in [6.07, 6.45) is 5.25. The van der Waals surface area contributed by atoms with Crippen LogP contribution in [0, 0.1) is 0 Å². The fourth-order valence-corrected chi connectivity index (χ4v) is 4.28. The van der Waals surface area contributed by atoms with E-state index in [0.29, 0.717) is 6.04 Å². The molecule has 0 aromatic carbocycles. The second-order valence-electron chi connectivity index (χ2n) is 6.33. The van der Waals surface area contributed by atoms with Crippen LogP contribution < -0.4 is 5.32 Å². The van der Waals surface area contributed by atoms with Gasteiger partial charge in [0.1, 0.15) is 0 Å². The second-order valence-corrected chi connectivity index (χ2v) is 7.53. The monoisotopic (exact) mass is 479 g/mol. The smallest absolute Gasteiger partial charge is 0.193 e. The number of rotatable bonds is 5. The summed E-state index contributed by atoms with van der Waals surface area (Å²) in [5.41, 5.74) is 0. The molecule has 0 spiro atoms.